The number of aryl methyl sites for hydroxylation is 1. The number of rotatable bonds is 5. The molecule has 0 aliphatic carbocycles. The Morgan fingerprint density at radius 3 is 2.41 bits per heavy atom. The van der Waals surface area contributed by atoms with Crippen molar-refractivity contribution in [2.75, 3.05) is 19.8 Å². The molecule has 92 valence electrons. The summed E-state index contributed by atoms with van der Waals surface area (Å²) < 4.78 is 5.05. The van der Waals surface area contributed by atoms with E-state index in [9.17, 15) is 9.90 Å². The van der Waals surface area contributed by atoms with Crippen molar-refractivity contribution in [3.05, 3.63) is 35.4 Å². The van der Waals surface area contributed by atoms with Crippen molar-refractivity contribution >= 4 is 5.78 Å². The molecule has 0 unspecified atom stereocenters. The molecule has 1 N–H and O–H groups in total. The van der Waals surface area contributed by atoms with Gasteiger partial charge in [0, 0.05) is 5.56 Å². The van der Waals surface area contributed by atoms with Gasteiger partial charge in [-0.25, -0.2) is 0 Å². The van der Waals surface area contributed by atoms with Gasteiger partial charge in [0.05, 0.1) is 19.8 Å². The zero-order valence-corrected chi connectivity index (χ0v) is 10.1. The number of ketones is 1. The molecular weight excluding hydrogens is 216 g/mol. The molecule has 1 heterocycles. The van der Waals surface area contributed by atoms with Gasteiger partial charge in [-0.1, -0.05) is 37.6 Å². The van der Waals surface area contributed by atoms with Crippen LogP contribution in [0.4, 0.5) is 0 Å². The molecule has 2 rings (SSSR count). The van der Waals surface area contributed by atoms with E-state index in [1.165, 1.54) is 5.56 Å². The number of hydrogen-bond acceptors (Lipinski definition) is 3. The molecule has 0 amide bonds. The fraction of sp³-hybridized carbons (Fsp3) is 0.500. The molecule has 1 aromatic rings. The number of aliphatic hydroxyl groups excluding tert-OH is 1. The fourth-order valence-electron chi connectivity index (χ4n) is 2.06. The van der Waals surface area contributed by atoms with Crippen LogP contribution in [0.15, 0.2) is 24.3 Å². The molecule has 0 saturated carbocycles. The van der Waals surface area contributed by atoms with Crippen LogP contribution in [-0.2, 0) is 11.2 Å². The first-order valence-corrected chi connectivity index (χ1v) is 6.04. The van der Waals surface area contributed by atoms with Crippen LogP contribution in [-0.4, -0.2) is 30.7 Å². The Hall–Kier alpha value is -1.19. The lowest BCUT2D eigenvalue weighted by Crippen LogP contribution is -2.51. The molecule has 0 bridgehead atoms. The number of aliphatic hydroxyl groups is 1. The lowest BCUT2D eigenvalue weighted by Gasteiger charge is -2.38. The van der Waals surface area contributed by atoms with Crippen LogP contribution in [0, 0.1) is 5.41 Å². The normalized spacial score (nSPS) is 17.5. The van der Waals surface area contributed by atoms with Crippen molar-refractivity contribution in [3.63, 3.8) is 0 Å². The smallest absolute Gasteiger partial charge is 0.175 e. The Morgan fingerprint density at radius 1 is 1.35 bits per heavy atom. The van der Waals surface area contributed by atoms with Gasteiger partial charge in [-0.3, -0.25) is 4.79 Å². The Kier molecular flexibility index (Phi) is 3.60. The predicted octanol–water partition coefficient (Wildman–Crippen LogP) is 1.83. The predicted molar refractivity (Wildman–Crippen MR) is 65.1 cm³/mol. The Morgan fingerprint density at radius 2 is 2.00 bits per heavy atom. The molecule has 0 radical (unpaired) electrons. The maximum atomic E-state index is 12.2. The highest BCUT2D eigenvalue weighted by atomic mass is 16.5. The van der Waals surface area contributed by atoms with Crippen LogP contribution in [0.3, 0.4) is 0 Å². The van der Waals surface area contributed by atoms with Gasteiger partial charge >= 0.3 is 0 Å². The average molecular weight is 234 g/mol. The Balaban J connectivity index is 2.14. The Bertz CT molecular complexity index is 385. The van der Waals surface area contributed by atoms with E-state index in [0.717, 1.165) is 12.8 Å². The summed E-state index contributed by atoms with van der Waals surface area (Å²) in [5.74, 6) is -0.00528. The fourth-order valence-corrected chi connectivity index (χ4v) is 2.06. The maximum absolute atomic E-state index is 12.2. The SMILES string of the molecule is CCCc1ccc(C(=O)C2(CO)COC2)cc1. The van der Waals surface area contributed by atoms with E-state index in [0.29, 0.717) is 18.8 Å². The van der Waals surface area contributed by atoms with Crippen LogP contribution < -0.4 is 0 Å². The number of benzene rings is 1. The van der Waals surface area contributed by atoms with Gasteiger partial charge < -0.3 is 9.84 Å². The van der Waals surface area contributed by atoms with Crippen molar-refractivity contribution in [1.82, 2.24) is 0 Å². The second-order valence-electron chi connectivity index (χ2n) is 4.71. The van der Waals surface area contributed by atoms with E-state index in [1.807, 2.05) is 24.3 Å². The van der Waals surface area contributed by atoms with Crippen molar-refractivity contribution < 1.29 is 14.6 Å². The molecule has 0 aromatic heterocycles. The standard InChI is InChI=1S/C14H18O3/c1-2-3-11-4-6-12(7-5-11)13(16)14(8-15)9-17-10-14/h4-7,15H,2-3,8-10H2,1H3. The van der Waals surface area contributed by atoms with Crippen molar-refractivity contribution in [2.24, 2.45) is 5.41 Å². The van der Waals surface area contributed by atoms with E-state index in [2.05, 4.69) is 6.92 Å². The van der Waals surface area contributed by atoms with Crippen LogP contribution in [0.2, 0.25) is 0 Å². The third-order valence-electron chi connectivity index (χ3n) is 3.30. The number of ether oxygens (including phenoxy) is 1. The summed E-state index contributed by atoms with van der Waals surface area (Å²) >= 11 is 0. The molecule has 1 aliphatic heterocycles. The molecule has 0 atom stereocenters. The van der Waals surface area contributed by atoms with Crippen LogP contribution >= 0.6 is 0 Å². The summed E-state index contributed by atoms with van der Waals surface area (Å²) in [6.45, 7) is 2.66. The number of hydrogen-bond donors (Lipinski definition) is 1. The summed E-state index contributed by atoms with van der Waals surface area (Å²) in [5.41, 5.74) is 1.22. The van der Waals surface area contributed by atoms with Crippen molar-refractivity contribution in [2.45, 2.75) is 19.8 Å². The molecule has 17 heavy (non-hydrogen) atoms. The lowest BCUT2D eigenvalue weighted by atomic mass is 9.79. The highest BCUT2D eigenvalue weighted by Gasteiger charge is 2.45. The highest BCUT2D eigenvalue weighted by Crippen LogP contribution is 2.31. The molecule has 1 saturated heterocycles. The van der Waals surface area contributed by atoms with Crippen LogP contribution in [0.1, 0.15) is 29.3 Å². The summed E-state index contributed by atoms with van der Waals surface area (Å²) in [7, 11) is 0. The summed E-state index contributed by atoms with van der Waals surface area (Å²) in [6, 6.07) is 7.68. The molecule has 0 spiro atoms. The van der Waals surface area contributed by atoms with Gasteiger partial charge in [0.1, 0.15) is 5.41 Å². The van der Waals surface area contributed by atoms with E-state index >= 15 is 0 Å². The molecule has 1 aliphatic rings. The monoisotopic (exact) mass is 234 g/mol. The minimum atomic E-state index is -0.688. The topological polar surface area (TPSA) is 46.5 Å². The quantitative estimate of drug-likeness (QED) is 0.791. The van der Waals surface area contributed by atoms with E-state index in [1.54, 1.807) is 0 Å². The first-order valence-electron chi connectivity index (χ1n) is 6.04. The molecule has 1 aromatic carbocycles. The minimum Gasteiger partial charge on any atom is -0.395 e. The number of carbonyl (C=O) groups is 1. The van der Waals surface area contributed by atoms with E-state index in [4.69, 9.17) is 4.74 Å². The van der Waals surface area contributed by atoms with Crippen molar-refractivity contribution in [3.8, 4) is 0 Å². The molecule has 1 fully saturated rings. The number of Topliss-reactive ketones (excluding diaryl/α,β-unsaturated/α-hetero) is 1. The van der Waals surface area contributed by atoms with E-state index < -0.39 is 5.41 Å². The lowest BCUT2D eigenvalue weighted by molar-refractivity contribution is -0.109. The van der Waals surface area contributed by atoms with Gasteiger partial charge in [0.15, 0.2) is 5.78 Å². The molecule has 3 nitrogen and oxygen atoms in total. The average Bonchev–Trinajstić information content (AvgIpc) is 2.29. The summed E-state index contributed by atoms with van der Waals surface area (Å²) in [5, 5.41) is 9.31. The van der Waals surface area contributed by atoms with Gasteiger partial charge in [-0.2, -0.15) is 0 Å². The first kappa shape index (κ1) is 12.3. The second-order valence-corrected chi connectivity index (χ2v) is 4.71. The minimum absolute atomic E-state index is 0.00528. The van der Waals surface area contributed by atoms with Gasteiger partial charge in [-0.05, 0) is 12.0 Å². The summed E-state index contributed by atoms with van der Waals surface area (Å²) in [6.07, 6.45) is 2.13. The summed E-state index contributed by atoms with van der Waals surface area (Å²) in [4.78, 5) is 12.2. The van der Waals surface area contributed by atoms with Gasteiger partial charge in [0.2, 0.25) is 0 Å². The van der Waals surface area contributed by atoms with Crippen LogP contribution in [0.25, 0.3) is 0 Å². The van der Waals surface area contributed by atoms with Gasteiger partial charge in [0.25, 0.3) is 0 Å². The first-order chi connectivity index (χ1) is 8.22. The zero-order chi connectivity index (χ0) is 12.3. The molecular formula is C14H18O3. The van der Waals surface area contributed by atoms with Crippen molar-refractivity contribution in [1.29, 1.82) is 0 Å². The maximum Gasteiger partial charge on any atom is 0.175 e. The van der Waals surface area contributed by atoms with Crippen LogP contribution in [0.5, 0.6) is 0 Å². The third kappa shape index (κ3) is 2.26. The van der Waals surface area contributed by atoms with Gasteiger partial charge in [-0.15, -0.1) is 0 Å². The number of carbonyl (C=O) groups excluding carboxylic acids is 1. The zero-order valence-electron chi connectivity index (χ0n) is 10.1. The second kappa shape index (κ2) is 4.98. The van der Waals surface area contributed by atoms with E-state index in [-0.39, 0.29) is 12.4 Å². The third-order valence-corrected chi connectivity index (χ3v) is 3.30. The largest absolute Gasteiger partial charge is 0.395 e. The Labute approximate surface area is 101 Å². The molecule has 3 heteroatoms. The highest BCUT2D eigenvalue weighted by molar-refractivity contribution is 6.01.